The Morgan fingerprint density at radius 1 is 0.900 bits per heavy atom. The highest BCUT2D eigenvalue weighted by molar-refractivity contribution is 7.89. The van der Waals surface area contributed by atoms with E-state index in [2.05, 4.69) is 30.4 Å². The van der Waals surface area contributed by atoms with Crippen LogP contribution < -0.4 is 9.46 Å². The van der Waals surface area contributed by atoms with Crippen LogP contribution in [0.5, 0.6) is 5.75 Å². The molecule has 0 aliphatic heterocycles. The maximum Gasteiger partial charge on any atom is 0.241 e. The van der Waals surface area contributed by atoms with Crippen LogP contribution in [0.3, 0.4) is 0 Å². The molecule has 0 saturated carbocycles. The summed E-state index contributed by atoms with van der Waals surface area (Å²) in [5.74, 6) is 0.396. The highest BCUT2D eigenvalue weighted by Crippen LogP contribution is 2.33. The second-order valence-corrected chi connectivity index (χ2v) is 12.4. The van der Waals surface area contributed by atoms with Crippen LogP contribution in [-0.2, 0) is 23.5 Å². The number of aryl methyl sites for hydroxylation is 2. The lowest BCUT2D eigenvalue weighted by Crippen LogP contribution is -2.28. The van der Waals surface area contributed by atoms with E-state index in [0.717, 1.165) is 56.4 Å². The number of carbonyl (C=O) groups is 1. The summed E-state index contributed by atoms with van der Waals surface area (Å²) in [6, 6.07) is 10.4. The molecule has 0 fully saturated rings. The number of nitrogens with zero attached hydrogens (tertiary/aromatic N) is 2. The predicted molar refractivity (Wildman–Crippen MR) is 164 cm³/mol. The first-order chi connectivity index (χ1) is 19.3. The zero-order chi connectivity index (χ0) is 29.1. The van der Waals surface area contributed by atoms with Gasteiger partial charge in [-0.15, -0.1) is 0 Å². The van der Waals surface area contributed by atoms with Gasteiger partial charge < -0.3 is 14.2 Å². The van der Waals surface area contributed by atoms with E-state index in [1.54, 1.807) is 30.3 Å². The summed E-state index contributed by atoms with van der Waals surface area (Å²) in [6.07, 6.45) is 10.5. The highest BCUT2D eigenvalue weighted by atomic mass is 32.2. The lowest BCUT2D eigenvalue weighted by atomic mass is 9.96. The van der Waals surface area contributed by atoms with Crippen molar-refractivity contribution in [2.75, 3.05) is 33.3 Å². The first kappa shape index (κ1) is 31.8. The number of hydrogen-bond donors (Lipinski definition) is 1. The van der Waals surface area contributed by atoms with Gasteiger partial charge in [0, 0.05) is 36.3 Å². The molecule has 0 aliphatic rings. The topological polar surface area (TPSA) is 80.6 Å². The molecule has 1 N–H and O–H groups in total. The van der Waals surface area contributed by atoms with Gasteiger partial charge in [-0.25, -0.2) is 13.1 Å². The molecule has 7 nitrogen and oxygen atoms in total. The molecular formula is C32H47N3O4S. The standard InChI is InChI=1S/C32H47N3O4S/c1-6-9-13-26-24-34(5)28-18-19-29(40(37,38)33-4)31(30(26)28)32(36)25-14-16-27(17-15-25)39-23-12-22-35(20-10-7-2)21-11-8-3/h14-19,24,33H,6-13,20-23H2,1-5H3. The van der Waals surface area contributed by atoms with Crippen molar-refractivity contribution in [3.05, 3.63) is 59.3 Å². The molecule has 0 amide bonds. The number of sulfonamides is 1. The third kappa shape index (κ3) is 7.95. The summed E-state index contributed by atoms with van der Waals surface area (Å²) in [7, 11) is -0.554. The quantitative estimate of drug-likeness (QED) is 0.143. The first-order valence-electron chi connectivity index (χ1n) is 14.8. The Balaban J connectivity index is 1.82. The van der Waals surface area contributed by atoms with E-state index in [1.165, 1.54) is 38.8 Å². The summed E-state index contributed by atoms with van der Waals surface area (Å²) in [5, 5.41) is 0.716. The second kappa shape index (κ2) is 15.4. The number of fused-ring (bicyclic) bond motifs is 1. The number of hydrogen-bond acceptors (Lipinski definition) is 5. The Hall–Kier alpha value is -2.68. The monoisotopic (exact) mass is 569 g/mol. The van der Waals surface area contributed by atoms with E-state index in [4.69, 9.17) is 4.74 Å². The minimum absolute atomic E-state index is 0.00692. The van der Waals surface area contributed by atoms with Crippen LogP contribution >= 0.6 is 0 Å². The van der Waals surface area contributed by atoms with E-state index >= 15 is 0 Å². The molecule has 0 radical (unpaired) electrons. The molecule has 3 rings (SSSR count). The lowest BCUT2D eigenvalue weighted by molar-refractivity contribution is 0.103. The number of nitrogens with one attached hydrogen (secondary N) is 1. The van der Waals surface area contributed by atoms with Gasteiger partial charge >= 0.3 is 0 Å². The molecular weight excluding hydrogens is 522 g/mol. The summed E-state index contributed by atoms with van der Waals surface area (Å²) in [5.41, 5.74) is 2.49. The van der Waals surface area contributed by atoms with Crippen molar-refractivity contribution in [2.45, 2.75) is 77.0 Å². The molecule has 0 unspecified atom stereocenters. The van der Waals surface area contributed by atoms with Gasteiger partial charge in [0.15, 0.2) is 5.78 Å². The van der Waals surface area contributed by atoms with Crippen LogP contribution in [0.25, 0.3) is 10.9 Å². The maximum absolute atomic E-state index is 14.0. The smallest absolute Gasteiger partial charge is 0.241 e. The molecule has 1 aromatic heterocycles. The van der Waals surface area contributed by atoms with Crippen LogP contribution in [0.1, 0.15) is 87.2 Å². The fourth-order valence-corrected chi connectivity index (χ4v) is 6.03. The van der Waals surface area contributed by atoms with Gasteiger partial charge in [0.2, 0.25) is 10.0 Å². The minimum Gasteiger partial charge on any atom is -0.494 e. The summed E-state index contributed by atoms with van der Waals surface area (Å²) >= 11 is 0. The SMILES string of the molecule is CCCCc1cn(C)c2ccc(S(=O)(=O)NC)c(C(=O)c3ccc(OCCCN(CCCC)CCCC)cc3)c12. The zero-order valence-corrected chi connectivity index (χ0v) is 25.8. The maximum atomic E-state index is 14.0. The fraction of sp³-hybridized carbons (Fsp3) is 0.531. The van der Waals surface area contributed by atoms with Gasteiger partial charge in [-0.05, 0) is 94.2 Å². The van der Waals surface area contributed by atoms with E-state index in [9.17, 15) is 13.2 Å². The third-order valence-corrected chi connectivity index (χ3v) is 8.90. The van der Waals surface area contributed by atoms with Crippen LogP contribution in [0.4, 0.5) is 0 Å². The zero-order valence-electron chi connectivity index (χ0n) is 25.0. The molecule has 220 valence electrons. The largest absolute Gasteiger partial charge is 0.494 e. The van der Waals surface area contributed by atoms with E-state index in [-0.39, 0.29) is 16.2 Å². The molecule has 0 atom stereocenters. The second-order valence-electron chi connectivity index (χ2n) is 10.5. The van der Waals surface area contributed by atoms with Crippen molar-refractivity contribution in [1.82, 2.24) is 14.2 Å². The third-order valence-electron chi connectivity index (χ3n) is 7.44. The Kier molecular flexibility index (Phi) is 12.2. The minimum atomic E-state index is -3.85. The Labute approximate surface area is 241 Å². The van der Waals surface area contributed by atoms with Gasteiger partial charge in [-0.3, -0.25) is 4.79 Å². The molecule has 8 heteroatoms. The molecule has 3 aromatic rings. The van der Waals surface area contributed by atoms with Crippen LogP contribution in [0.2, 0.25) is 0 Å². The molecule has 2 aromatic carbocycles. The molecule has 0 saturated heterocycles. The van der Waals surface area contributed by atoms with Gasteiger partial charge in [0.1, 0.15) is 5.75 Å². The average Bonchev–Trinajstić information content (AvgIpc) is 3.29. The van der Waals surface area contributed by atoms with Gasteiger partial charge in [-0.1, -0.05) is 40.0 Å². The molecule has 40 heavy (non-hydrogen) atoms. The number of aromatic nitrogens is 1. The fourth-order valence-electron chi connectivity index (χ4n) is 5.10. The highest BCUT2D eigenvalue weighted by Gasteiger charge is 2.27. The van der Waals surface area contributed by atoms with Crippen molar-refractivity contribution < 1.29 is 17.9 Å². The number of rotatable bonds is 18. The van der Waals surface area contributed by atoms with Crippen LogP contribution in [-0.4, -0.2) is 57.0 Å². The summed E-state index contributed by atoms with van der Waals surface area (Å²) in [6.45, 7) is 10.5. The number of ether oxygens (including phenoxy) is 1. The van der Waals surface area contributed by atoms with Crippen molar-refractivity contribution in [1.29, 1.82) is 0 Å². The van der Waals surface area contributed by atoms with Crippen LogP contribution in [0.15, 0.2) is 47.5 Å². The predicted octanol–water partition coefficient (Wildman–Crippen LogP) is 6.33. The summed E-state index contributed by atoms with van der Waals surface area (Å²) < 4.78 is 36.4. The number of unbranched alkanes of at least 4 members (excludes halogenated alkanes) is 3. The van der Waals surface area contributed by atoms with E-state index in [1.807, 2.05) is 17.8 Å². The molecule has 0 aliphatic carbocycles. The van der Waals surface area contributed by atoms with Crippen molar-refractivity contribution >= 4 is 26.7 Å². The Bertz CT molecular complexity index is 1340. The molecule has 1 heterocycles. The van der Waals surface area contributed by atoms with Gasteiger partial charge in [0.05, 0.1) is 17.1 Å². The number of benzene rings is 2. The number of ketones is 1. The van der Waals surface area contributed by atoms with Crippen molar-refractivity contribution in [2.24, 2.45) is 7.05 Å². The van der Waals surface area contributed by atoms with Crippen LogP contribution in [0, 0.1) is 0 Å². The van der Waals surface area contributed by atoms with E-state index < -0.39 is 10.0 Å². The average molecular weight is 570 g/mol. The molecule has 0 bridgehead atoms. The number of carbonyl (C=O) groups excluding carboxylic acids is 1. The van der Waals surface area contributed by atoms with Gasteiger partial charge in [-0.2, -0.15) is 0 Å². The Morgan fingerprint density at radius 2 is 1.52 bits per heavy atom. The normalized spacial score (nSPS) is 11.9. The van der Waals surface area contributed by atoms with Crippen molar-refractivity contribution in [3.63, 3.8) is 0 Å². The van der Waals surface area contributed by atoms with E-state index in [0.29, 0.717) is 23.3 Å². The van der Waals surface area contributed by atoms with Crippen molar-refractivity contribution in [3.8, 4) is 5.75 Å². The van der Waals surface area contributed by atoms with Gasteiger partial charge in [0.25, 0.3) is 0 Å². The first-order valence-corrected chi connectivity index (χ1v) is 16.3. The Morgan fingerprint density at radius 3 is 2.12 bits per heavy atom. The summed E-state index contributed by atoms with van der Waals surface area (Å²) in [4.78, 5) is 16.5. The lowest BCUT2D eigenvalue weighted by Gasteiger charge is -2.21. The molecule has 0 spiro atoms.